The third kappa shape index (κ3) is 2.88. The summed E-state index contributed by atoms with van der Waals surface area (Å²) < 4.78 is 6.14. The SMILES string of the molecule is COc1ccsc1C(=O)NCc1sccc1Br. The van der Waals surface area contributed by atoms with E-state index in [1.807, 2.05) is 16.8 Å². The summed E-state index contributed by atoms with van der Waals surface area (Å²) in [5.41, 5.74) is 0. The van der Waals surface area contributed by atoms with Crippen LogP contribution in [0.2, 0.25) is 0 Å². The Bertz CT molecular complexity index is 521. The molecule has 0 unspecified atom stereocenters. The topological polar surface area (TPSA) is 38.3 Å². The number of carbonyl (C=O) groups excluding carboxylic acids is 1. The van der Waals surface area contributed by atoms with Gasteiger partial charge in [0.2, 0.25) is 0 Å². The lowest BCUT2D eigenvalue weighted by molar-refractivity contribution is 0.0952. The second-order valence-corrected chi connectivity index (χ2v) is 5.96. The van der Waals surface area contributed by atoms with Crippen LogP contribution in [0.25, 0.3) is 0 Å². The number of methoxy groups -OCH3 is 1. The van der Waals surface area contributed by atoms with Gasteiger partial charge in [-0.05, 0) is 38.8 Å². The first-order valence-electron chi connectivity index (χ1n) is 4.84. The Morgan fingerprint density at radius 1 is 1.41 bits per heavy atom. The summed E-state index contributed by atoms with van der Waals surface area (Å²) >= 11 is 6.42. The molecule has 1 amide bonds. The number of rotatable bonds is 4. The van der Waals surface area contributed by atoms with E-state index in [-0.39, 0.29) is 5.91 Å². The molecule has 2 aromatic heterocycles. The fourth-order valence-corrected chi connectivity index (χ4v) is 3.52. The summed E-state index contributed by atoms with van der Waals surface area (Å²) in [6, 6.07) is 3.76. The fraction of sp³-hybridized carbons (Fsp3) is 0.182. The van der Waals surface area contributed by atoms with Gasteiger partial charge >= 0.3 is 0 Å². The Kier molecular flexibility index (Phi) is 4.20. The van der Waals surface area contributed by atoms with Crippen molar-refractivity contribution >= 4 is 44.5 Å². The minimum atomic E-state index is -0.0999. The minimum absolute atomic E-state index is 0.0999. The number of hydrogen-bond acceptors (Lipinski definition) is 4. The van der Waals surface area contributed by atoms with E-state index in [2.05, 4.69) is 21.2 Å². The van der Waals surface area contributed by atoms with Gasteiger partial charge in [-0.15, -0.1) is 22.7 Å². The highest BCUT2D eigenvalue weighted by molar-refractivity contribution is 9.10. The predicted molar refractivity (Wildman–Crippen MR) is 74.1 cm³/mol. The third-order valence-electron chi connectivity index (χ3n) is 2.16. The second-order valence-electron chi connectivity index (χ2n) is 3.19. The molecule has 6 heteroatoms. The molecular formula is C11H10BrNO2S2. The summed E-state index contributed by atoms with van der Waals surface area (Å²) in [7, 11) is 1.56. The van der Waals surface area contributed by atoms with Crippen molar-refractivity contribution in [3.63, 3.8) is 0 Å². The maximum Gasteiger partial charge on any atom is 0.265 e. The first-order valence-corrected chi connectivity index (χ1v) is 7.39. The Labute approximate surface area is 116 Å². The van der Waals surface area contributed by atoms with Crippen molar-refractivity contribution in [3.8, 4) is 5.75 Å². The van der Waals surface area contributed by atoms with Crippen LogP contribution in [0.1, 0.15) is 14.5 Å². The Morgan fingerprint density at radius 3 is 2.82 bits per heavy atom. The highest BCUT2D eigenvalue weighted by atomic mass is 79.9. The van der Waals surface area contributed by atoms with Crippen molar-refractivity contribution in [2.75, 3.05) is 7.11 Å². The number of halogens is 1. The van der Waals surface area contributed by atoms with Gasteiger partial charge < -0.3 is 10.1 Å². The molecule has 90 valence electrons. The Balaban J connectivity index is 2.01. The summed E-state index contributed by atoms with van der Waals surface area (Å²) in [5.74, 6) is 0.523. The van der Waals surface area contributed by atoms with Gasteiger partial charge in [0.05, 0.1) is 13.7 Å². The predicted octanol–water partition coefficient (Wildman–Crippen LogP) is 3.51. The molecular weight excluding hydrogens is 322 g/mol. The van der Waals surface area contributed by atoms with E-state index in [0.29, 0.717) is 17.2 Å². The van der Waals surface area contributed by atoms with E-state index in [4.69, 9.17) is 4.74 Å². The second kappa shape index (κ2) is 5.66. The van der Waals surface area contributed by atoms with Gasteiger partial charge in [0.15, 0.2) is 0 Å². The normalized spacial score (nSPS) is 10.2. The van der Waals surface area contributed by atoms with Gasteiger partial charge in [-0.1, -0.05) is 0 Å². The zero-order valence-corrected chi connectivity index (χ0v) is 12.2. The maximum atomic E-state index is 11.9. The average Bonchev–Trinajstić information content (AvgIpc) is 2.94. The van der Waals surface area contributed by atoms with Crippen molar-refractivity contribution in [2.24, 2.45) is 0 Å². The maximum absolute atomic E-state index is 11.9. The molecule has 1 N–H and O–H groups in total. The molecule has 0 aliphatic rings. The van der Waals surface area contributed by atoms with Crippen molar-refractivity contribution in [3.05, 3.63) is 37.1 Å². The van der Waals surface area contributed by atoms with Gasteiger partial charge in [-0.2, -0.15) is 0 Å². The van der Waals surface area contributed by atoms with Gasteiger partial charge in [-0.25, -0.2) is 0 Å². The molecule has 2 heterocycles. The van der Waals surface area contributed by atoms with E-state index in [1.165, 1.54) is 11.3 Å². The molecule has 0 bridgehead atoms. The van der Waals surface area contributed by atoms with Crippen LogP contribution in [0.15, 0.2) is 27.4 Å². The molecule has 0 saturated heterocycles. The van der Waals surface area contributed by atoms with Crippen molar-refractivity contribution in [1.29, 1.82) is 0 Å². The number of thiophene rings is 2. The molecule has 0 aliphatic carbocycles. The third-order valence-corrected chi connectivity index (χ3v) is 4.98. The molecule has 2 rings (SSSR count). The zero-order chi connectivity index (χ0) is 12.3. The lowest BCUT2D eigenvalue weighted by Crippen LogP contribution is -2.21. The molecule has 0 aliphatic heterocycles. The Hall–Kier alpha value is -0.850. The first kappa shape index (κ1) is 12.6. The van der Waals surface area contributed by atoms with Gasteiger partial charge in [0.25, 0.3) is 5.91 Å². The highest BCUT2D eigenvalue weighted by Crippen LogP contribution is 2.25. The van der Waals surface area contributed by atoms with E-state index >= 15 is 0 Å². The van der Waals surface area contributed by atoms with Crippen LogP contribution in [0.3, 0.4) is 0 Å². The molecule has 17 heavy (non-hydrogen) atoms. The summed E-state index contributed by atoms with van der Waals surface area (Å²) in [6.45, 7) is 0.526. The van der Waals surface area contributed by atoms with E-state index in [9.17, 15) is 4.79 Å². The quantitative estimate of drug-likeness (QED) is 0.930. The first-order chi connectivity index (χ1) is 8.22. The van der Waals surface area contributed by atoms with Crippen LogP contribution in [-0.2, 0) is 6.54 Å². The van der Waals surface area contributed by atoms with Crippen molar-refractivity contribution in [2.45, 2.75) is 6.54 Å². The van der Waals surface area contributed by atoms with Crippen molar-refractivity contribution in [1.82, 2.24) is 5.32 Å². The highest BCUT2D eigenvalue weighted by Gasteiger charge is 2.13. The molecule has 0 aromatic carbocycles. The molecule has 0 saturated carbocycles. The van der Waals surface area contributed by atoms with E-state index in [0.717, 1.165) is 9.35 Å². The molecule has 3 nitrogen and oxygen atoms in total. The number of amides is 1. The fourth-order valence-electron chi connectivity index (χ4n) is 1.32. The number of ether oxygens (including phenoxy) is 1. The standard InChI is InChI=1S/C11H10BrNO2S2/c1-15-8-3-5-17-10(8)11(14)13-6-9-7(12)2-4-16-9/h2-5H,6H2,1H3,(H,13,14). The lowest BCUT2D eigenvalue weighted by atomic mass is 10.4. The smallest absolute Gasteiger partial charge is 0.265 e. The van der Waals surface area contributed by atoms with E-state index < -0.39 is 0 Å². The van der Waals surface area contributed by atoms with Gasteiger partial charge in [0, 0.05) is 9.35 Å². The molecule has 0 spiro atoms. The zero-order valence-electron chi connectivity index (χ0n) is 9.03. The molecule has 2 aromatic rings. The summed E-state index contributed by atoms with van der Waals surface area (Å²) in [4.78, 5) is 13.6. The van der Waals surface area contributed by atoms with Crippen LogP contribution in [0, 0.1) is 0 Å². The molecule has 0 radical (unpaired) electrons. The van der Waals surface area contributed by atoms with Crippen LogP contribution < -0.4 is 10.1 Å². The summed E-state index contributed by atoms with van der Waals surface area (Å²) in [6.07, 6.45) is 0. The van der Waals surface area contributed by atoms with Crippen LogP contribution in [-0.4, -0.2) is 13.0 Å². The van der Waals surface area contributed by atoms with E-state index in [1.54, 1.807) is 24.5 Å². The number of hydrogen-bond donors (Lipinski definition) is 1. The number of nitrogens with one attached hydrogen (secondary N) is 1. The summed E-state index contributed by atoms with van der Waals surface area (Å²) in [5, 5.41) is 6.70. The van der Waals surface area contributed by atoms with Crippen molar-refractivity contribution < 1.29 is 9.53 Å². The minimum Gasteiger partial charge on any atom is -0.495 e. The average molecular weight is 332 g/mol. The number of carbonyl (C=O) groups is 1. The molecule has 0 fully saturated rings. The molecule has 0 atom stereocenters. The van der Waals surface area contributed by atoms with Crippen LogP contribution in [0.4, 0.5) is 0 Å². The Morgan fingerprint density at radius 2 is 2.18 bits per heavy atom. The van der Waals surface area contributed by atoms with Crippen LogP contribution >= 0.6 is 38.6 Å². The van der Waals surface area contributed by atoms with Gasteiger partial charge in [-0.3, -0.25) is 4.79 Å². The lowest BCUT2D eigenvalue weighted by Gasteiger charge is -2.04. The largest absolute Gasteiger partial charge is 0.495 e. The van der Waals surface area contributed by atoms with Crippen LogP contribution in [0.5, 0.6) is 5.75 Å². The monoisotopic (exact) mass is 331 g/mol. The van der Waals surface area contributed by atoms with Gasteiger partial charge in [0.1, 0.15) is 10.6 Å².